The highest BCUT2D eigenvalue weighted by Gasteiger charge is 2.14. The monoisotopic (exact) mass is 318 g/mol. The molecule has 3 N–H and O–H groups in total. The van der Waals surface area contributed by atoms with Gasteiger partial charge in [-0.1, -0.05) is 23.2 Å². The third-order valence-corrected chi connectivity index (χ3v) is 3.21. The van der Waals surface area contributed by atoms with Gasteiger partial charge >= 0.3 is 0 Å². The number of carbonyl (C=O) groups is 2. The van der Waals surface area contributed by atoms with Crippen LogP contribution in [0.3, 0.4) is 0 Å². The first-order valence-corrected chi connectivity index (χ1v) is 6.83. The van der Waals surface area contributed by atoms with Gasteiger partial charge in [0.1, 0.15) is 5.75 Å². The Labute approximate surface area is 127 Å². The van der Waals surface area contributed by atoms with E-state index in [2.05, 4.69) is 5.32 Å². The van der Waals surface area contributed by atoms with Crippen LogP contribution in [0.15, 0.2) is 18.2 Å². The summed E-state index contributed by atoms with van der Waals surface area (Å²) in [6.45, 7) is 1.99. The summed E-state index contributed by atoms with van der Waals surface area (Å²) in [4.78, 5) is 22.3. The zero-order valence-electron chi connectivity index (χ0n) is 11.0. The fraction of sp³-hybridized carbons (Fsp3) is 0.385. The minimum atomic E-state index is -0.680. The van der Waals surface area contributed by atoms with Crippen LogP contribution in [0.5, 0.6) is 5.75 Å². The SMILES string of the molecule is C[C@@H](Oc1ccc(Cl)c(Cl)c1)C(=O)NCCCC(N)=O. The molecule has 1 rings (SSSR count). The van der Waals surface area contributed by atoms with Gasteiger partial charge in [-0.05, 0) is 25.5 Å². The molecular weight excluding hydrogens is 303 g/mol. The Hall–Kier alpha value is -1.46. The van der Waals surface area contributed by atoms with Gasteiger partial charge in [0.2, 0.25) is 5.91 Å². The summed E-state index contributed by atoms with van der Waals surface area (Å²) in [5.74, 6) is -0.209. The van der Waals surface area contributed by atoms with E-state index >= 15 is 0 Å². The molecular formula is C13H16Cl2N2O3. The largest absolute Gasteiger partial charge is 0.481 e. The van der Waals surface area contributed by atoms with Crippen molar-refractivity contribution in [3.05, 3.63) is 28.2 Å². The molecule has 0 aliphatic carbocycles. The molecule has 0 aromatic heterocycles. The lowest BCUT2D eigenvalue weighted by atomic mass is 10.3. The summed E-state index contributed by atoms with van der Waals surface area (Å²) in [5, 5.41) is 3.43. The summed E-state index contributed by atoms with van der Waals surface area (Å²) >= 11 is 11.6. The van der Waals surface area contributed by atoms with Crippen molar-refractivity contribution in [1.29, 1.82) is 0 Å². The van der Waals surface area contributed by atoms with E-state index in [0.717, 1.165) is 0 Å². The molecule has 0 aliphatic rings. The molecule has 0 saturated heterocycles. The first-order valence-electron chi connectivity index (χ1n) is 6.08. The Morgan fingerprint density at radius 3 is 2.65 bits per heavy atom. The van der Waals surface area contributed by atoms with E-state index < -0.39 is 6.10 Å². The van der Waals surface area contributed by atoms with Crippen LogP contribution < -0.4 is 15.8 Å². The molecule has 0 saturated carbocycles. The van der Waals surface area contributed by atoms with Crippen molar-refractivity contribution >= 4 is 35.0 Å². The van der Waals surface area contributed by atoms with Crippen LogP contribution in [0.25, 0.3) is 0 Å². The first kappa shape index (κ1) is 16.6. The molecule has 7 heteroatoms. The first-order chi connectivity index (χ1) is 9.40. The number of benzene rings is 1. The number of ether oxygens (including phenoxy) is 1. The van der Waals surface area contributed by atoms with E-state index in [0.29, 0.717) is 28.8 Å². The van der Waals surface area contributed by atoms with Crippen LogP contribution in [-0.2, 0) is 9.59 Å². The standard InChI is InChI=1S/C13H16Cl2N2O3/c1-8(13(19)17-6-2-3-12(16)18)20-9-4-5-10(14)11(15)7-9/h4-5,7-8H,2-3,6H2,1H3,(H2,16,18)(H,17,19)/t8-/m1/s1. The number of rotatable bonds is 7. The third-order valence-electron chi connectivity index (χ3n) is 2.47. The van der Waals surface area contributed by atoms with Crippen LogP contribution in [0.2, 0.25) is 10.0 Å². The Bertz CT molecular complexity index is 495. The number of carbonyl (C=O) groups excluding carboxylic acids is 2. The van der Waals surface area contributed by atoms with E-state index in [4.69, 9.17) is 33.7 Å². The van der Waals surface area contributed by atoms with Gasteiger partial charge in [-0.15, -0.1) is 0 Å². The van der Waals surface area contributed by atoms with E-state index in [-0.39, 0.29) is 18.2 Å². The lowest BCUT2D eigenvalue weighted by molar-refractivity contribution is -0.127. The normalized spacial score (nSPS) is 11.8. The summed E-state index contributed by atoms with van der Waals surface area (Å²) in [5.41, 5.74) is 5.00. The molecule has 1 aromatic carbocycles. The van der Waals surface area contributed by atoms with E-state index in [9.17, 15) is 9.59 Å². The van der Waals surface area contributed by atoms with Crippen molar-refractivity contribution in [3.8, 4) is 5.75 Å². The highest BCUT2D eigenvalue weighted by atomic mass is 35.5. The summed E-state index contributed by atoms with van der Waals surface area (Å²) < 4.78 is 5.44. The van der Waals surface area contributed by atoms with Crippen molar-refractivity contribution in [2.24, 2.45) is 5.73 Å². The van der Waals surface area contributed by atoms with E-state index in [1.54, 1.807) is 25.1 Å². The predicted molar refractivity (Wildman–Crippen MR) is 78.0 cm³/mol. The van der Waals surface area contributed by atoms with Gasteiger partial charge < -0.3 is 15.8 Å². The van der Waals surface area contributed by atoms with Gasteiger partial charge in [-0.2, -0.15) is 0 Å². The molecule has 0 heterocycles. The van der Waals surface area contributed by atoms with Crippen LogP contribution in [0.1, 0.15) is 19.8 Å². The number of halogens is 2. The molecule has 110 valence electrons. The second-order valence-electron chi connectivity index (χ2n) is 4.20. The Balaban J connectivity index is 2.41. The molecule has 0 aliphatic heterocycles. The molecule has 1 atom stereocenters. The molecule has 0 spiro atoms. The third kappa shape index (κ3) is 5.67. The second-order valence-corrected chi connectivity index (χ2v) is 5.01. The van der Waals surface area contributed by atoms with Crippen molar-refractivity contribution < 1.29 is 14.3 Å². The zero-order chi connectivity index (χ0) is 15.1. The molecule has 20 heavy (non-hydrogen) atoms. The molecule has 5 nitrogen and oxygen atoms in total. The van der Waals surface area contributed by atoms with Gasteiger partial charge in [0.25, 0.3) is 5.91 Å². The topological polar surface area (TPSA) is 81.4 Å². The maximum absolute atomic E-state index is 11.7. The minimum absolute atomic E-state index is 0.238. The minimum Gasteiger partial charge on any atom is -0.481 e. The van der Waals surface area contributed by atoms with Gasteiger partial charge in [0, 0.05) is 19.0 Å². The smallest absolute Gasteiger partial charge is 0.260 e. The quantitative estimate of drug-likeness (QED) is 0.756. The van der Waals surface area contributed by atoms with Crippen LogP contribution >= 0.6 is 23.2 Å². The number of nitrogens with one attached hydrogen (secondary N) is 1. The average molecular weight is 319 g/mol. The highest BCUT2D eigenvalue weighted by molar-refractivity contribution is 6.42. The van der Waals surface area contributed by atoms with Crippen molar-refractivity contribution in [3.63, 3.8) is 0 Å². The molecule has 0 fully saturated rings. The number of hydrogen-bond donors (Lipinski definition) is 2. The Morgan fingerprint density at radius 1 is 1.35 bits per heavy atom. The molecule has 0 radical (unpaired) electrons. The van der Waals surface area contributed by atoms with Gasteiger partial charge in [-0.3, -0.25) is 9.59 Å². The predicted octanol–water partition coefficient (Wildman–Crippen LogP) is 2.14. The second kappa shape index (κ2) is 7.97. The highest BCUT2D eigenvalue weighted by Crippen LogP contribution is 2.26. The van der Waals surface area contributed by atoms with Crippen LogP contribution in [-0.4, -0.2) is 24.5 Å². The van der Waals surface area contributed by atoms with Crippen molar-refractivity contribution in [2.75, 3.05) is 6.54 Å². The van der Waals surface area contributed by atoms with Crippen LogP contribution in [0.4, 0.5) is 0 Å². The average Bonchev–Trinajstić information content (AvgIpc) is 2.38. The molecule has 0 bridgehead atoms. The van der Waals surface area contributed by atoms with Gasteiger partial charge in [0.15, 0.2) is 6.10 Å². The lowest BCUT2D eigenvalue weighted by Crippen LogP contribution is -2.37. The van der Waals surface area contributed by atoms with Gasteiger partial charge in [-0.25, -0.2) is 0 Å². The number of primary amides is 1. The number of hydrogen-bond acceptors (Lipinski definition) is 3. The van der Waals surface area contributed by atoms with Crippen LogP contribution in [0, 0.1) is 0 Å². The molecule has 2 amide bonds. The molecule has 1 aromatic rings. The fourth-order valence-electron chi connectivity index (χ4n) is 1.43. The molecule has 0 unspecified atom stereocenters. The van der Waals surface area contributed by atoms with Crippen molar-refractivity contribution in [1.82, 2.24) is 5.32 Å². The van der Waals surface area contributed by atoms with Gasteiger partial charge in [0.05, 0.1) is 10.0 Å². The summed E-state index contributed by atoms with van der Waals surface area (Å²) in [7, 11) is 0. The Morgan fingerprint density at radius 2 is 2.05 bits per heavy atom. The lowest BCUT2D eigenvalue weighted by Gasteiger charge is -2.15. The number of amides is 2. The Kier molecular flexibility index (Phi) is 6.61. The van der Waals surface area contributed by atoms with E-state index in [1.165, 1.54) is 0 Å². The van der Waals surface area contributed by atoms with Crippen molar-refractivity contribution in [2.45, 2.75) is 25.9 Å². The number of nitrogens with two attached hydrogens (primary N) is 1. The maximum Gasteiger partial charge on any atom is 0.260 e. The summed E-state index contributed by atoms with van der Waals surface area (Å²) in [6, 6.07) is 4.77. The zero-order valence-corrected chi connectivity index (χ0v) is 12.5. The maximum atomic E-state index is 11.7. The summed E-state index contributed by atoms with van der Waals surface area (Å²) in [6.07, 6.45) is 0.0592. The van der Waals surface area contributed by atoms with E-state index in [1.807, 2.05) is 0 Å². The fourth-order valence-corrected chi connectivity index (χ4v) is 1.71.